The van der Waals surface area contributed by atoms with Crippen LogP contribution in [0.2, 0.25) is 0 Å². The first-order valence-corrected chi connectivity index (χ1v) is 6.55. The molecule has 0 aliphatic carbocycles. The van der Waals surface area contributed by atoms with Crippen molar-refractivity contribution >= 4 is 27.2 Å². The normalized spacial score (nSPS) is 10.6. The fraction of sp³-hybridized carbons (Fsp3) is 0.0714. The molecule has 0 unspecified atom stereocenters. The average Bonchev–Trinajstić information content (AvgIpc) is 2.83. The Balaban J connectivity index is 1.96. The Morgan fingerprint density at radius 2 is 1.95 bits per heavy atom. The van der Waals surface area contributed by atoms with Crippen LogP contribution in [0.1, 0.15) is 0 Å². The first-order chi connectivity index (χ1) is 9.26. The fourth-order valence-electron chi connectivity index (χ4n) is 1.76. The molecule has 0 aliphatic heterocycles. The van der Waals surface area contributed by atoms with E-state index in [1.807, 2.05) is 24.3 Å². The minimum atomic E-state index is 0.587. The molecule has 1 aromatic heterocycles. The molecule has 0 radical (unpaired) electrons. The lowest BCUT2D eigenvalue weighted by Crippen LogP contribution is -1.92. The number of aromatic nitrogens is 1. The number of para-hydroxylation sites is 1. The Morgan fingerprint density at radius 3 is 2.74 bits per heavy atom. The van der Waals surface area contributed by atoms with Crippen molar-refractivity contribution in [2.45, 2.75) is 0 Å². The summed E-state index contributed by atoms with van der Waals surface area (Å²) >= 11 is 1.50. The van der Waals surface area contributed by atoms with Crippen molar-refractivity contribution in [1.29, 1.82) is 0 Å². The van der Waals surface area contributed by atoms with Crippen molar-refractivity contribution in [2.24, 2.45) is 0 Å². The molecule has 2 N–H and O–H groups in total. The third-order valence-electron chi connectivity index (χ3n) is 2.66. The van der Waals surface area contributed by atoms with Gasteiger partial charge in [-0.1, -0.05) is 23.5 Å². The average molecular weight is 272 g/mol. The Bertz CT molecular complexity index is 691. The van der Waals surface area contributed by atoms with Gasteiger partial charge in [-0.05, 0) is 24.3 Å². The predicted molar refractivity (Wildman–Crippen MR) is 77.1 cm³/mol. The number of benzene rings is 2. The van der Waals surface area contributed by atoms with E-state index in [-0.39, 0.29) is 0 Å². The van der Waals surface area contributed by atoms with E-state index in [1.165, 1.54) is 11.3 Å². The molecular weight excluding hydrogens is 260 g/mol. The molecule has 1 heterocycles. The van der Waals surface area contributed by atoms with Crippen molar-refractivity contribution < 1.29 is 9.47 Å². The number of methoxy groups -OCH3 is 1. The summed E-state index contributed by atoms with van der Waals surface area (Å²) in [6.45, 7) is 0. The summed E-state index contributed by atoms with van der Waals surface area (Å²) in [6.07, 6.45) is 0. The van der Waals surface area contributed by atoms with Crippen LogP contribution >= 0.6 is 11.3 Å². The molecule has 19 heavy (non-hydrogen) atoms. The SMILES string of the molecule is COc1cc(N)ccc1Oc1nc2ccccc2s1. The number of hydrogen-bond acceptors (Lipinski definition) is 5. The van der Waals surface area contributed by atoms with Gasteiger partial charge in [-0.2, -0.15) is 0 Å². The second kappa shape index (κ2) is 4.78. The molecule has 96 valence electrons. The van der Waals surface area contributed by atoms with Crippen molar-refractivity contribution in [3.05, 3.63) is 42.5 Å². The highest BCUT2D eigenvalue weighted by atomic mass is 32.1. The molecule has 2 aromatic carbocycles. The third kappa shape index (κ3) is 2.32. The highest BCUT2D eigenvalue weighted by molar-refractivity contribution is 7.20. The van der Waals surface area contributed by atoms with Gasteiger partial charge in [0.05, 0.1) is 17.3 Å². The Kier molecular flexibility index (Phi) is 2.97. The molecule has 0 saturated heterocycles. The lowest BCUT2D eigenvalue weighted by atomic mass is 10.3. The van der Waals surface area contributed by atoms with E-state index in [2.05, 4.69) is 4.98 Å². The van der Waals surface area contributed by atoms with E-state index in [0.29, 0.717) is 22.4 Å². The van der Waals surface area contributed by atoms with Crippen LogP contribution in [0.4, 0.5) is 5.69 Å². The van der Waals surface area contributed by atoms with Crippen LogP contribution < -0.4 is 15.2 Å². The van der Waals surface area contributed by atoms with Crippen LogP contribution in [-0.2, 0) is 0 Å². The molecule has 5 heteroatoms. The van der Waals surface area contributed by atoms with Crippen molar-refractivity contribution in [3.63, 3.8) is 0 Å². The molecule has 0 bridgehead atoms. The Hall–Kier alpha value is -2.27. The summed E-state index contributed by atoms with van der Waals surface area (Å²) in [5.41, 5.74) is 7.27. The topological polar surface area (TPSA) is 57.4 Å². The number of rotatable bonds is 3. The number of thiazole rings is 1. The zero-order chi connectivity index (χ0) is 13.2. The second-order valence-corrected chi connectivity index (χ2v) is 4.95. The lowest BCUT2D eigenvalue weighted by molar-refractivity contribution is 0.378. The van der Waals surface area contributed by atoms with Crippen molar-refractivity contribution in [3.8, 4) is 16.7 Å². The molecule has 0 spiro atoms. The summed E-state index contributed by atoms with van der Waals surface area (Å²) in [5, 5.41) is 0.587. The van der Waals surface area contributed by atoms with Gasteiger partial charge in [0.15, 0.2) is 11.5 Å². The van der Waals surface area contributed by atoms with Gasteiger partial charge in [-0.15, -0.1) is 0 Å². The van der Waals surface area contributed by atoms with Crippen LogP contribution in [-0.4, -0.2) is 12.1 Å². The summed E-state index contributed by atoms with van der Waals surface area (Å²) in [4.78, 5) is 4.42. The highest BCUT2D eigenvalue weighted by Gasteiger charge is 2.09. The lowest BCUT2D eigenvalue weighted by Gasteiger charge is -2.08. The maximum Gasteiger partial charge on any atom is 0.279 e. The molecule has 3 aromatic rings. The van der Waals surface area contributed by atoms with Gasteiger partial charge < -0.3 is 15.2 Å². The summed E-state index contributed by atoms with van der Waals surface area (Å²) in [6, 6.07) is 13.2. The van der Waals surface area contributed by atoms with Gasteiger partial charge in [0.2, 0.25) is 0 Å². The van der Waals surface area contributed by atoms with Crippen molar-refractivity contribution in [1.82, 2.24) is 4.98 Å². The molecule has 0 atom stereocenters. The maximum absolute atomic E-state index is 5.77. The summed E-state index contributed by atoms with van der Waals surface area (Å²) in [7, 11) is 1.58. The minimum absolute atomic E-state index is 0.587. The maximum atomic E-state index is 5.77. The van der Waals surface area contributed by atoms with E-state index in [1.54, 1.807) is 25.3 Å². The van der Waals surface area contributed by atoms with E-state index in [4.69, 9.17) is 15.2 Å². The Morgan fingerprint density at radius 1 is 1.11 bits per heavy atom. The van der Waals surface area contributed by atoms with E-state index in [0.717, 1.165) is 10.2 Å². The highest BCUT2D eigenvalue weighted by Crippen LogP contribution is 2.36. The van der Waals surface area contributed by atoms with E-state index >= 15 is 0 Å². The minimum Gasteiger partial charge on any atom is -0.493 e. The second-order valence-electron chi connectivity index (χ2n) is 3.96. The van der Waals surface area contributed by atoms with E-state index in [9.17, 15) is 0 Å². The summed E-state index contributed by atoms with van der Waals surface area (Å²) in [5.74, 6) is 1.20. The van der Waals surface area contributed by atoms with Gasteiger partial charge in [-0.3, -0.25) is 0 Å². The first kappa shape index (κ1) is 11.8. The fourth-order valence-corrected chi connectivity index (χ4v) is 2.59. The van der Waals surface area contributed by atoms with Crippen LogP contribution in [0.15, 0.2) is 42.5 Å². The third-order valence-corrected chi connectivity index (χ3v) is 3.57. The largest absolute Gasteiger partial charge is 0.493 e. The predicted octanol–water partition coefficient (Wildman–Crippen LogP) is 3.68. The molecule has 0 aliphatic rings. The van der Waals surface area contributed by atoms with Crippen LogP contribution in [0.5, 0.6) is 16.7 Å². The van der Waals surface area contributed by atoms with Gasteiger partial charge in [-0.25, -0.2) is 4.98 Å². The zero-order valence-electron chi connectivity index (χ0n) is 10.3. The molecule has 3 rings (SSSR count). The quantitative estimate of drug-likeness (QED) is 0.739. The Labute approximate surface area is 114 Å². The number of nitrogens with zero attached hydrogens (tertiary/aromatic N) is 1. The standard InChI is InChI=1S/C14H12N2O2S/c1-17-12-8-9(15)6-7-11(12)18-14-16-10-4-2-3-5-13(10)19-14/h2-8H,15H2,1H3. The van der Waals surface area contributed by atoms with E-state index < -0.39 is 0 Å². The monoisotopic (exact) mass is 272 g/mol. The molecular formula is C14H12N2O2S. The van der Waals surface area contributed by atoms with Gasteiger partial charge in [0, 0.05) is 11.8 Å². The van der Waals surface area contributed by atoms with Gasteiger partial charge >= 0.3 is 0 Å². The number of anilines is 1. The number of fused-ring (bicyclic) bond motifs is 1. The molecule has 4 nitrogen and oxygen atoms in total. The molecule has 0 amide bonds. The first-order valence-electron chi connectivity index (χ1n) is 5.73. The van der Waals surface area contributed by atoms with Crippen LogP contribution in [0.25, 0.3) is 10.2 Å². The smallest absolute Gasteiger partial charge is 0.279 e. The van der Waals surface area contributed by atoms with Gasteiger partial charge in [0.1, 0.15) is 0 Å². The van der Waals surface area contributed by atoms with Crippen LogP contribution in [0.3, 0.4) is 0 Å². The molecule has 0 fully saturated rings. The van der Waals surface area contributed by atoms with Crippen LogP contribution in [0, 0.1) is 0 Å². The summed E-state index contributed by atoms with van der Waals surface area (Å²) < 4.78 is 12.1. The number of nitrogens with two attached hydrogens (primary N) is 1. The zero-order valence-corrected chi connectivity index (χ0v) is 11.1. The van der Waals surface area contributed by atoms with Crippen molar-refractivity contribution in [2.75, 3.05) is 12.8 Å². The number of ether oxygens (including phenoxy) is 2. The molecule has 0 saturated carbocycles. The number of hydrogen-bond donors (Lipinski definition) is 1. The van der Waals surface area contributed by atoms with Gasteiger partial charge in [0.25, 0.3) is 5.19 Å². The number of nitrogen functional groups attached to an aromatic ring is 1.